The fourth-order valence-corrected chi connectivity index (χ4v) is 7.40. The Bertz CT molecular complexity index is 561. The maximum absolute atomic E-state index is 10.1. The predicted molar refractivity (Wildman–Crippen MR) is 91.4 cm³/mol. The Labute approximate surface area is 141 Å². The van der Waals surface area contributed by atoms with Crippen molar-refractivity contribution >= 4 is 0 Å². The number of aliphatic hydroxyl groups excluding tert-OH is 1. The minimum atomic E-state index is -0.0462. The summed E-state index contributed by atoms with van der Waals surface area (Å²) in [7, 11) is 0. The van der Waals surface area contributed by atoms with Crippen LogP contribution >= 0.6 is 0 Å². The summed E-state index contributed by atoms with van der Waals surface area (Å²) in [6.07, 6.45) is 12.8. The fourth-order valence-electron chi connectivity index (χ4n) is 7.40. The molecule has 0 aromatic carbocycles. The number of fused-ring (bicyclic) bond motifs is 5. The van der Waals surface area contributed by atoms with Crippen molar-refractivity contribution in [1.82, 2.24) is 0 Å². The molecule has 0 heterocycles. The third-order valence-electron chi connectivity index (χ3n) is 8.72. The molecular formula is C21H31NO. The van der Waals surface area contributed by atoms with Gasteiger partial charge < -0.3 is 5.11 Å². The van der Waals surface area contributed by atoms with Crippen molar-refractivity contribution in [3.05, 3.63) is 11.6 Å². The van der Waals surface area contributed by atoms with E-state index in [1.807, 2.05) is 6.08 Å². The molecular weight excluding hydrogens is 282 g/mol. The van der Waals surface area contributed by atoms with Crippen molar-refractivity contribution in [1.29, 1.82) is 5.26 Å². The zero-order chi connectivity index (χ0) is 16.2. The largest absolute Gasteiger partial charge is 0.393 e. The lowest BCUT2D eigenvalue weighted by molar-refractivity contribution is -0.116. The average Bonchev–Trinajstić information content (AvgIpc) is 2.85. The summed E-state index contributed by atoms with van der Waals surface area (Å²) in [5.74, 6) is 3.25. The first-order chi connectivity index (χ1) is 11.0. The molecule has 23 heavy (non-hydrogen) atoms. The van der Waals surface area contributed by atoms with E-state index in [0.29, 0.717) is 10.8 Å². The van der Waals surface area contributed by atoms with Gasteiger partial charge in [0, 0.05) is 6.08 Å². The Morgan fingerprint density at radius 3 is 2.70 bits per heavy atom. The van der Waals surface area contributed by atoms with E-state index in [9.17, 15) is 5.11 Å². The van der Waals surface area contributed by atoms with E-state index < -0.39 is 0 Å². The van der Waals surface area contributed by atoms with Crippen molar-refractivity contribution in [3.63, 3.8) is 0 Å². The first-order valence-corrected chi connectivity index (χ1v) is 9.76. The van der Waals surface area contributed by atoms with Crippen LogP contribution in [0, 0.1) is 45.8 Å². The van der Waals surface area contributed by atoms with Crippen LogP contribution < -0.4 is 0 Å². The highest BCUT2D eigenvalue weighted by atomic mass is 16.3. The van der Waals surface area contributed by atoms with Crippen molar-refractivity contribution in [3.8, 4) is 6.07 Å². The number of hydrogen-bond donors (Lipinski definition) is 1. The third-order valence-corrected chi connectivity index (χ3v) is 8.72. The summed E-state index contributed by atoms with van der Waals surface area (Å²) < 4.78 is 0. The number of nitrogens with zero attached hydrogens (tertiary/aromatic N) is 1. The van der Waals surface area contributed by atoms with Crippen molar-refractivity contribution in [2.45, 2.75) is 77.7 Å². The zero-order valence-corrected chi connectivity index (χ0v) is 14.7. The van der Waals surface area contributed by atoms with E-state index in [-0.39, 0.29) is 6.10 Å². The molecule has 0 radical (unpaired) electrons. The van der Waals surface area contributed by atoms with Crippen LogP contribution in [0.4, 0.5) is 0 Å². The normalized spacial score (nSPS) is 54.0. The number of rotatable bonds is 0. The maximum atomic E-state index is 10.1. The molecule has 0 aliphatic heterocycles. The smallest absolute Gasteiger partial charge is 0.0911 e. The number of nitriles is 1. The van der Waals surface area contributed by atoms with Crippen LogP contribution in [-0.2, 0) is 0 Å². The molecule has 2 heteroatoms. The van der Waals surface area contributed by atoms with Crippen LogP contribution in [-0.4, -0.2) is 11.2 Å². The lowest BCUT2D eigenvalue weighted by Crippen LogP contribution is -2.53. The van der Waals surface area contributed by atoms with Gasteiger partial charge in [0.05, 0.1) is 12.2 Å². The van der Waals surface area contributed by atoms with Gasteiger partial charge in [0.15, 0.2) is 0 Å². The topological polar surface area (TPSA) is 44.0 Å². The SMILES string of the molecule is C[C@]12CC[C@@H](O)C[C@H]1CC[C@@H]1[C@@H]2CC[C@]2(C)/C(=C\C#N)CC[C@@H]12. The minimum absolute atomic E-state index is 0.0462. The third kappa shape index (κ3) is 2.15. The van der Waals surface area contributed by atoms with Gasteiger partial charge in [-0.25, -0.2) is 0 Å². The fraction of sp³-hybridized carbons (Fsp3) is 0.857. The highest BCUT2D eigenvalue weighted by Crippen LogP contribution is 2.67. The van der Waals surface area contributed by atoms with Gasteiger partial charge in [0.25, 0.3) is 0 Å². The van der Waals surface area contributed by atoms with E-state index in [4.69, 9.17) is 5.26 Å². The molecule has 0 spiro atoms. The summed E-state index contributed by atoms with van der Waals surface area (Å²) >= 11 is 0. The molecule has 0 unspecified atom stereocenters. The second kappa shape index (κ2) is 5.35. The summed E-state index contributed by atoms with van der Waals surface area (Å²) in [5, 5.41) is 19.2. The molecule has 0 bridgehead atoms. The van der Waals surface area contributed by atoms with E-state index in [1.54, 1.807) is 0 Å². The van der Waals surface area contributed by atoms with Gasteiger partial charge in [-0.05, 0) is 92.3 Å². The molecule has 4 fully saturated rings. The van der Waals surface area contributed by atoms with E-state index in [2.05, 4.69) is 19.9 Å². The van der Waals surface area contributed by atoms with Crippen LogP contribution in [0.1, 0.15) is 71.6 Å². The van der Waals surface area contributed by atoms with Gasteiger partial charge in [-0.3, -0.25) is 0 Å². The lowest BCUT2D eigenvalue weighted by Gasteiger charge is -2.60. The van der Waals surface area contributed by atoms with Gasteiger partial charge in [0.2, 0.25) is 0 Å². The second-order valence-electron chi connectivity index (χ2n) is 9.38. The molecule has 4 aliphatic carbocycles. The van der Waals surface area contributed by atoms with Crippen LogP contribution in [0.2, 0.25) is 0 Å². The Morgan fingerprint density at radius 1 is 1.09 bits per heavy atom. The van der Waals surface area contributed by atoms with Crippen molar-refractivity contribution < 1.29 is 5.11 Å². The maximum Gasteiger partial charge on any atom is 0.0911 e. The Hall–Kier alpha value is -0.810. The first kappa shape index (κ1) is 15.7. The Kier molecular flexibility index (Phi) is 3.65. The number of allylic oxidation sites excluding steroid dienone is 2. The summed E-state index contributed by atoms with van der Waals surface area (Å²) in [6.45, 7) is 4.99. The molecule has 1 N–H and O–H groups in total. The molecule has 4 saturated carbocycles. The minimum Gasteiger partial charge on any atom is -0.393 e. The van der Waals surface area contributed by atoms with E-state index >= 15 is 0 Å². The van der Waals surface area contributed by atoms with E-state index in [0.717, 1.165) is 42.9 Å². The molecule has 0 aromatic rings. The molecule has 0 aromatic heterocycles. The molecule has 7 atom stereocenters. The molecule has 0 saturated heterocycles. The second-order valence-corrected chi connectivity index (χ2v) is 9.38. The van der Waals surface area contributed by atoms with Gasteiger partial charge >= 0.3 is 0 Å². The number of hydrogen-bond acceptors (Lipinski definition) is 2. The lowest BCUT2D eigenvalue weighted by atomic mass is 9.45. The highest BCUT2D eigenvalue weighted by Gasteiger charge is 2.58. The van der Waals surface area contributed by atoms with Crippen LogP contribution in [0.15, 0.2) is 11.6 Å². The molecule has 4 rings (SSSR count). The van der Waals surface area contributed by atoms with Crippen LogP contribution in [0.3, 0.4) is 0 Å². The van der Waals surface area contributed by atoms with Gasteiger partial charge in [-0.1, -0.05) is 19.4 Å². The predicted octanol–water partition coefficient (Wildman–Crippen LogP) is 4.84. The molecule has 126 valence electrons. The highest BCUT2D eigenvalue weighted by molar-refractivity contribution is 5.28. The van der Waals surface area contributed by atoms with Crippen molar-refractivity contribution in [2.75, 3.05) is 0 Å². The number of aliphatic hydroxyl groups is 1. The van der Waals surface area contributed by atoms with Crippen LogP contribution in [0.25, 0.3) is 0 Å². The molecule has 2 nitrogen and oxygen atoms in total. The van der Waals surface area contributed by atoms with Gasteiger partial charge in [0.1, 0.15) is 0 Å². The average molecular weight is 313 g/mol. The summed E-state index contributed by atoms with van der Waals surface area (Å²) in [6, 6.07) is 2.31. The molecule has 0 amide bonds. The first-order valence-electron chi connectivity index (χ1n) is 9.76. The Morgan fingerprint density at radius 2 is 1.91 bits per heavy atom. The summed E-state index contributed by atoms with van der Waals surface area (Å²) in [5.41, 5.74) is 2.20. The van der Waals surface area contributed by atoms with Crippen molar-refractivity contribution in [2.24, 2.45) is 34.5 Å². The van der Waals surface area contributed by atoms with Crippen LogP contribution in [0.5, 0.6) is 0 Å². The Balaban J connectivity index is 1.63. The van der Waals surface area contributed by atoms with Gasteiger partial charge in [-0.15, -0.1) is 0 Å². The standard InChI is InChI=1S/C21H31NO/c1-20-11-8-19-17(18(20)6-4-14(20)9-12-22)5-3-15-13-16(23)7-10-21(15,19)2/h9,15-19,23H,3-8,10-11,13H2,1-2H3/b14-9-/t15-,16-,17+,18+,19+,20-,21+/m1/s1. The van der Waals surface area contributed by atoms with Gasteiger partial charge in [-0.2, -0.15) is 5.26 Å². The quantitative estimate of drug-likeness (QED) is 0.650. The molecule has 4 aliphatic rings. The summed E-state index contributed by atoms with van der Waals surface area (Å²) in [4.78, 5) is 0. The monoisotopic (exact) mass is 313 g/mol. The van der Waals surface area contributed by atoms with E-state index in [1.165, 1.54) is 44.1 Å². The zero-order valence-electron chi connectivity index (χ0n) is 14.7.